The maximum Gasteiger partial charge on any atom is 0.0719 e. The minimum atomic E-state index is -0.799. The van der Waals surface area contributed by atoms with E-state index in [1.54, 1.807) is 0 Å². The molecule has 0 aromatic heterocycles. The highest BCUT2D eigenvalue weighted by molar-refractivity contribution is 7.86. The third kappa shape index (κ3) is 4.70. The van der Waals surface area contributed by atoms with E-state index < -0.39 is 10.8 Å². The van der Waals surface area contributed by atoms with Crippen LogP contribution in [-0.4, -0.2) is 26.9 Å². The van der Waals surface area contributed by atoms with Gasteiger partial charge in [-0.25, -0.2) is 0 Å². The van der Waals surface area contributed by atoms with Crippen LogP contribution in [0, 0.1) is 5.92 Å². The van der Waals surface area contributed by atoms with Gasteiger partial charge in [0.15, 0.2) is 0 Å². The molecule has 0 saturated carbocycles. The fraction of sp³-hybridized carbons (Fsp3) is 1.00. The fourth-order valence-corrected chi connectivity index (χ4v) is 3.43. The molecule has 4 atom stereocenters. The van der Waals surface area contributed by atoms with E-state index in [-0.39, 0.29) is 10.9 Å². The van der Waals surface area contributed by atoms with Crippen LogP contribution in [0.1, 0.15) is 60.3 Å². The summed E-state index contributed by atoms with van der Waals surface area (Å²) >= 11 is 0. The van der Waals surface area contributed by atoms with Gasteiger partial charge in [0, 0.05) is 15.5 Å². The Morgan fingerprint density at radius 2 is 1.94 bits per heavy atom. The second kappa shape index (κ2) is 6.33. The molecule has 1 aliphatic rings. The first kappa shape index (κ1) is 15.2. The van der Waals surface area contributed by atoms with Crippen molar-refractivity contribution in [1.82, 2.24) is 0 Å². The van der Waals surface area contributed by atoms with Gasteiger partial charge in [-0.3, -0.25) is 4.21 Å². The number of hydrogen-bond acceptors (Lipinski definition) is 2. The molecule has 17 heavy (non-hydrogen) atoms. The first-order valence-electron chi connectivity index (χ1n) is 6.88. The molecule has 1 fully saturated rings. The van der Waals surface area contributed by atoms with Gasteiger partial charge in [-0.1, -0.05) is 20.3 Å². The highest BCUT2D eigenvalue weighted by atomic mass is 32.2. The number of rotatable bonds is 4. The fourth-order valence-electron chi connectivity index (χ4n) is 2.22. The highest BCUT2D eigenvalue weighted by Gasteiger charge is 2.31. The Bertz CT molecular complexity index is 257. The quantitative estimate of drug-likeness (QED) is 0.773. The van der Waals surface area contributed by atoms with Crippen LogP contribution in [0.2, 0.25) is 0 Å². The molecule has 1 heterocycles. The van der Waals surface area contributed by atoms with Gasteiger partial charge in [0.2, 0.25) is 0 Å². The Balaban J connectivity index is 2.53. The van der Waals surface area contributed by atoms with Crippen molar-refractivity contribution in [3.63, 3.8) is 0 Å². The van der Waals surface area contributed by atoms with Crippen molar-refractivity contribution in [3.05, 3.63) is 0 Å². The van der Waals surface area contributed by atoms with Crippen LogP contribution in [-0.2, 0) is 15.5 Å². The molecule has 1 unspecified atom stereocenters. The summed E-state index contributed by atoms with van der Waals surface area (Å²) in [5.41, 5.74) is 0. The SMILES string of the molecule is CCC[C@H]1CC[C@@H](C)[C@@H](CS(=O)C(C)(C)C)O1. The van der Waals surface area contributed by atoms with Crippen molar-refractivity contribution >= 4 is 10.8 Å². The summed E-state index contributed by atoms with van der Waals surface area (Å²) in [6.07, 6.45) is 5.31. The van der Waals surface area contributed by atoms with Crippen LogP contribution in [0.5, 0.6) is 0 Å². The van der Waals surface area contributed by atoms with E-state index in [0.29, 0.717) is 17.8 Å². The summed E-state index contributed by atoms with van der Waals surface area (Å²) < 4.78 is 18.2. The molecule has 0 amide bonds. The molecule has 0 spiro atoms. The molecule has 1 saturated heterocycles. The number of ether oxygens (including phenoxy) is 1. The van der Waals surface area contributed by atoms with Crippen LogP contribution in [0.25, 0.3) is 0 Å². The van der Waals surface area contributed by atoms with Gasteiger partial charge in [-0.2, -0.15) is 0 Å². The van der Waals surface area contributed by atoms with E-state index in [9.17, 15) is 4.21 Å². The Hall–Kier alpha value is 0.110. The van der Waals surface area contributed by atoms with Crippen molar-refractivity contribution in [1.29, 1.82) is 0 Å². The van der Waals surface area contributed by atoms with Crippen LogP contribution in [0.4, 0.5) is 0 Å². The molecule has 3 heteroatoms. The summed E-state index contributed by atoms with van der Waals surface area (Å²) in [5.74, 6) is 1.25. The predicted octanol–water partition coefficient (Wildman–Crippen LogP) is 3.52. The van der Waals surface area contributed by atoms with E-state index >= 15 is 0 Å². The van der Waals surface area contributed by atoms with E-state index in [0.717, 1.165) is 6.42 Å². The third-order valence-corrected chi connectivity index (χ3v) is 5.55. The summed E-state index contributed by atoms with van der Waals surface area (Å²) in [6, 6.07) is 0. The topological polar surface area (TPSA) is 26.3 Å². The Morgan fingerprint density at radius 1 is 1.29 bits per heavy atom. The summed E-state index contributed by atoms with van der Waals surface area (Å²) in [5, 5.41) is 0. The summed E-state index contributed by atoms with van der Waals surface area (Å²) in [4.78, 5) is 0. The standard InChI is InChI=1S/C14H28O2S/c1-6-7-12-9-8-11(2)13(16-12)10-17(15)14(3,4)5/h11-13H,6-10H2,1-5H3/t11-,12+,13-,17?/m1/s1. The van der Waals surface area contributed by atoms with Gasteiger partial charge in [0.05, 0.1) is 18.0 Å². The third-order valence-electron chi connectivity index (χ3n) is 3.56. The second-order valence-corrected chi connectivity index (χ2v) is 8.51. The molecule has 0 aromatic rings. The van der Waals surface area contributed by atoms with E-state index in [2.05, 4.69) is 13.8 Å². The van der Waals surface area contributed by atoms with Crippen LogP contribution < -0.4 is 0 Å². The van der Waals surface area contributed by atoms with E-state index in [1.807, 2.05) is 20.8 Å². The lowest BCUT2D eigenvalue weighted by atomic mass is 9.93. The van der Waals surface area contributed by atoms with Gasteiger partial charge < -0.3 is 4.74 Å². The lowest BCUT2D eigenvalue weighted by Gasteiger charge is -2.36. The molecule has 0 radical (unpaired) electrons. The number of hydrogen-bond donors (Lipinski definition) is 0. The predicted molar refractivity (Wildman–Crippen MR) is 74.7 cm³/mol. The Morgan fingerprint density at radius 3 is 2.47 bits per heavy atom. The maximum absolute atomic E-state index is 12.2. The van der Waals surface area contributed by atoms with E-state index in [4.69, 9.17) is 4.74 Å². The zero-order chi connectivity index (χ0) is 13.1. The Labute approximate surface area is 109 Å². The van der Waals surface area contributed by atoms with Gasteiger partial charge in [0.25, 0.3) is 0 Å². The summed E-state index contributed by atoms with van der Waals surface area (Å²) in [7, 11) is -0.799. The molecule has 0 bridgehead atoms. The maximum atomic E-state index is 12.2. The first-order chi connectivity index (χ1) is 7.84. The minimum Gasteiger partial charge on any atom is -0.374 e. The minimum absolute atomic E-state index is 0.124. The Kier molecular flexibility index (Phi) is 5.65. The van der Waals surface area contributed by atoms with Crippen LogP contribution in [0.3, 0.4) is 0 Å². The van der Waals surface area contributed by atoms with Gasteiger partial charge in [-0.05, 0) is 46.0 Å². The van der Waals surface area contributed by atoms with Crippen molar-refractivity contribution < 1.29 is 8.95 Å². The van der Waals surface area contributed by atoms with Crippen molar-refractivity contribution in [2.75, 3.05) is 5.75 Å². The average Bonchev–Trinajstić information content (AvgIpc) is 2.22. The largest absolute Gasteiger partial charge is 0.374 e. The van der Waals surface area contributed by atoms with Crippen molar-refractivity contribution in [2.45, 2.75) is 77.3 Å². The molecule has 2 nitrogen and oxygen atoms in total. The molecule has 102 valence electrons. The summed E-state index contributed by atoms with van der Waals surface area (Å²) in [6.45, 7) is 10.6. The smallest absolute Gasteiger partial charge is 0.0719 e. The van der Waals surface area contributed by atoms with Crippen LogP contribution in [0.15, 0.2) is 0 Å². The average molecular weight is 260 g/mol. The second-order valence-electron chi connectivity index (χ2n) is 6.26. The highest BCUT2D eigenvalue weighted by Crippen LogP contribution is 2.28. The molecule has 0 aromatic carbocycles. The molecule has 0 N–H and O–H groups in total. The molecule has 1 aliphatic heterocycles. The van der Waals surface area contributed by atoms with Crippen LogP contribution >= 0.6 is 0 Å². The lowest BCUT2D eigenvalue weighted by Crippen LogP contribution is -2.40. The normalized spacial score (nSPS) is 32.4. The molecule has 1 rings (SSSR count). The van der Waals surface area contributed by atoms with E-state index in [1.165, 1.54) is 19.3 Å². The zero-order valence-electron chi connectivity index (χ0n) is 12.0. The van der Waals surface area contributed by atoms with Gasteiger partial charge in [0.1, 0.15) is 0 Å². The lowest BCUT2D eigenvalue weighted by molar-refractivity contribution is -0.0696. The van der Waals surface area contributed by atoms with Crippen molar-refractivity contribution in [2.24, 2.45) is 5.92 Å². The van der Waals surface area contributed by atoms with Gasteiger partial charge in [-0.15, -0.1) is 0 Å². The molecular weight excluding hydrogens is 232 g/mol. The van der Waals surface area contributed by atoms with Crippen molar-refractivity contribution in [3.8, 4) is 0 Å². The monoisotopic (exact) mass is 260 g/mol. The van der Waals surface area contributed by atoms with Gasteiger partial charge >= 0.3 is 0 Å². The zero-order valence-corrected chi connectivity index (χ0v) is 12.8. The first-order valence-corrected chi connectivity index (χ1v) is 8.20. The molecular formula is C14H28O2S. The molecule has 0 aliphatic carbocycles.